The van der Waals surface area contributed by atoms with Gasteiger partial charge in [0.25, 0.3) is 0 Å². The number of aromatic nitrogens is 2. The number of hydrogen-bond acceptors (Lipinski definition) is 5. The molecule has 3 aromatic carbocycles. The normalized spacial score (nSPS) is 12.1. The molecule has 2 heterocycles. The molecule has 2 amide bonds. The highest BCUT2D eigenvalue weighted by Crippen LogP contribution is 2.35. The molecule has 0 saturated carbocycles. The fourth-order valence-corrected chi connectivity index (χ4v) is 3.58. The zero-order valence-corrected chi connectivity index (χ0v) is 17.4. The van der Waals surface area contributed by atoms with Gasteiger partial charge in [-0.2, -0.15) is 0 Å². The van der Waals surface area contributed by atoms with Gasteiger partial charge in [-0.25, -0.2) is 9.59 Å². The predicted molar refractivity (Wildman–Crippen MR) is 120 cm³/mol. The van der Waals surface area contributed by atoms with Crippen LogP contribution in [0.4, 0.5) is 16.2 Å². The van der Waals surface area contributed by atoms with Gasteiger partial charge in [-0.15, -0.1) is 0 Å². The summed E-state index contributed by atoms with van der Waals surface area (Å²) < 4.78 is 19.7. The molecular formula is C23H20N4O5. The molecule has 9 heteroatoms. The first kappa shape index (κ1) is 19.6. The van der Waals surface area contributed by atoms with Gasteiger partial charge < -0.3 is 24.8 Å². The zero-order chi connectivity index (χ0) is 22.2. The summed E-state index contributed by atoms with van der Waals surface area (Å²) in [6.07, 6.45) is 0. The van der Waals surface area contributed by atoms with Crippen molar-refractivity contribution in [2.75, 3.05) is 17.4 Å². The summed E-state index contributed by atoms with van der Waals surface area (Å²) in [7, 11) is 3.37. The van der Waals surface area contributed by atoms with Crippen molar-refractivity contribution in [1.29, 1.82) is 0 Å². The van der Waals surface area contributed by atoms with Crippen molar-refractivity contribution in [1.82, 2.24) is 9.13 Å². The molecule has 0 atom stereocenters. The summed E-state index contributed by atoms with van der Waals surface area (Å²) in [5, 5.41) is 5.60. The van der Waals surface area contributed by atoms with E-state index >= 15 is 0 Å². The minimum Gasteiger partial charge on any atom is -0.455 e. The Morgan fingerprint density at radius 3 is 2.41 bits per heavy atom. The second-order valence-corrected chi connectivity index (χ2v) is 7.30. The molecule has 0 aliphatic carbocycles. The Balaban J connectivity index is 1.48. The van der Waals surface area contributed by atoms with Gasteiger partial charge in [0.2, 0.25) is 6.79 Å². The highest BCUT2D eigenvalue weighted by molar-refractivity contribution is 6.02. The maximum atomic E-state index is 12.8. The van der Waals surface area contributed by atoms with E-state index in [2.05, 4.69) is 10.6 Å². The first-order valence-corrected chi connectivity index (χ1v) is 9.89. The van der Waals surface area contributed by atoms with E-state index in [0.29, 0.717) is 45.4 Å². The molecular weight excluding hydrogens is 412 g/mol. The van der Waals surface area contributed by atoms with Crippen molar-refractivity contribution in [3.05, 3.63) is 71.1 Å². The van der Waals surface area contributed by atoms with Crippen LogP contribution in [-0.4, -0.2) is 22.0 Å². The van der Waals surface area contributed by atoms with Crippen LogP contribution in [0.1, 0.15) is 0 Å². The lowest BCUT2D eigenvalue weighted by molar-refractivity contribution is 0.174. The van der Waals surface area contributed by atoms with Crippen LogP contribution < -0.4 is 30.5 Å². The summed E-state index contributed by atoms with van der Waals surface area (Å²) in [5.41, 5.74) is 2.14. The number of para-hydroxylation sites is 1. The number of amides is 2. The number of hydrogen-bond donors (Lipinski definition) is 2. The number of benzene rings is 3. The molecule has 9 nitrogen and oxygen atoms in total. The predicted octanol–water partition coefficient (Wildman–Crippen LogP) is 4.04. The van der Waals surface area contributed by atoms with Gasteiger partial charge >= 0.3 is 11.7 Å². The van der Waals surface area contributed by atoms with Crippen LogP contribution in [-0.2, 0) is 14.1 Å². The Morgan fingerprint density at radius 1 is 0.906 bits per heavy atom. The van der Waals surface area contributed by atoms with Gasteiger partial charge in [0.1, 0.15) is 5.75 Å². The van der Waals surface area contributed by atoms with E-state index in [1.807, 2.05) is 30.3 Å². The molecule has 1 aliphatic heterocycles. The Labute approximate surface area is 182 Å². The van der Waals surface area contributed by atoms with Crippen LogP contribution >= 0.6 is 0 Å². The number of nitrogens with zero attached hydrogens (tertiary/aromatic N) is 2. The Kier molecular flexibility index (Phi) is 4.70. The lowest BCUT2D eigenvalue weighted by atomic mass is 10.2. The third kappa shape index (κ3) is 3.49. The largest absolute Gasteiger partial charge is 0.455 e. The van der Waals surface area contributed by atoms with E-state index in [1.165, 1.54) is 9.13 Å². The fourth-order valence-electron chi connectivity index (χ4n) is 3.58. The Bertz CT molecular complexity index is 1390. The quantitative estimate of drug-likeness (QED) is 0.507. The first-order valence-electron chi connectivity index (χ1n) is 9.89. The van der Waals surface area contributed by atoms with Crippen molar-refractivity contribution in [3.8, 4) is 23.0 Å². The SMILES string of the molecule is Cn1c(=O)n(C)c2cc(Oc3ccccc3)c(NC(=O)Nc3ccc4c(c3)OCO4)cc21. The summed E-state index contributed by atoms with van der Waals surface area (Å²) in [6.45, 7) is 0.154. The van der Waals surface area contributed by atoms with Crippen LogP contribution in [0.5, 0.6) is 23.0 Å². The molecule has 0 saturated heterocycles. The minimum atomic E-state index is -0.470. The molecule has 1 aliphatic rings. The number of ether oxygens (including phenoxy) is 3. The van der Waals surface area contributed by atoms with Gasteiger partial charge in [-0.05, 0) is 30.3 Å². The first-order chi connectivity index (χ1) is 15.5. The van der Waals surface area contributed by atoms with Gasteiger partial charge in [0.05, 0.1) is 16.7 Å². The Morgan fingerprint density at radius 2 is 1.62 bits per heavy atom. The highest BCUT2D eigenvalue weighted by atomic mass is 16.7. The van der Waals surface area contributed by atoms with E-state index in [4.69, 9.17) is 14.2 Å². The standard InChI is InChI=1S/C23H20N4O5/c1-26-17-11-16(25-22(28)24-14-8-9-19-21(10-14)31-13-30-19)20(12-18(17)27(2)23(26)29)32-15-6-4-3-5-7-15/h3-12H,13H2,1-2H3,(H2,24,25,28). The zero-order valence-electron chi connectivity index (χ0n) is 17.4. The Hall–Kier alpha value is -4.40. The second kappa shape index (κ2) is 7.69. The fraction of sp³-hybridized carbons (Fsp3) is 0.130. The number of aryl methyl sites for hydroxylation is 2. The number of imidazole rings is 1. The molecule has 0 bridgehead atoms. The van der Waals surface area contributed by atoms with E-state index in [1.54, 1.807) is 44.4 Å². The van der Waals surface area contributed by atoms with E-state index < -0.39 is 6.03 Å². The number of nitrogens with one attached hydrogen (secondary N) is 2. The number of carbonyl (C=O) groups is 1. The van der Waals surface area contributed by atoms with E-state index in [9.17, 15) is 9.59 Å². The number of rotatable bonds is 4. The molecule has 1 aromatic heterocycles. The van der Waals surface area contributed by atoms with Crippen molar-refractivity contribution in [3.63, 3.8) is 0 Å². The second-order valence-electron chi connectivity index (χ2n) is 7.30. The molecule has 5 rings (SSSR count). The van der Waals surface area contributed by atoms with Gasteiger partial charge in [0, 0.05) is 31.9 Å². The van der Waals surface area contributed by atoms with E-state index in [-0.39, 0.29) is 12.5 Å². The maximum Gasteiger partial charge on any atom is 0.328 e. The summed E-state index contributed by atoms with van der Waals surface area (Å²) >= 11 is 0. The number of urea groups is 1. The van der Waals surface area contributed by atoms with Crippen molar-refractivity contribution >= 4 is 28.4 Å². The van der Waals surface area contributed by atoms with Crippen LogP contribution in [0.3, 0.4) is 0 Å². The van der Waals surface area contributed by atoms with Crippen LogP contribution in [0.25, 0.3) is 11.0 Å². The van der Waals surface area contributed by atoms with Crippen LogP contribution in [0.2, 0.25) is 0 Å². The molecule has 32 heavy (non-hydrogen) atoms. The van der Waals surface area contributed by atoms with Crippen LogP contribution in [0, 0.1) is 0 Å². The summed E-state index contributed by atoms with van der Waals surface area (Å²) in [4.78, 5) is 25.1. The van der Waals surface area contributed by atoms with Crippen molar-refractivity contribution in [2.45, 2.75) is 0 Å². The van der Waals surface area contributed by atoms with Crippen LogP contribution in [0.15, 0.2) is 65.5 Å². The molecule has 0 spiro atoms. The highest BCUT2D eigenvalue weighted by Gasteiger charge is 2.17. The molecule has 2 N–H and O–H groups in total. The smallest absolute Gasteiger partial charge is 0.328 e. The van der Waals surface area contributed by atoms with E-state index in [0.717, 1.165) is 0 Å². The molecule has 0 unspecified atom stereocenters. The maximum absolute atomic E-state index is 12.8. The average molecular weight is 432 g/mol. The van der Waals surface area contributed by atoms with Crippen molar-refractivity contribution < 1.29 is 19.0 Å². The number of fused-ring (bicyclic) bond motifs is 2. The minimum absolute atomic E-state index is 0.154. The monoisotopic (exact) mass is 432 g/mol. The topological polar surface area (TPSA) is 95.8 Å². The lowest BCUT2D eigenvalue weighted by Crippen LogP contribution is -2.20. The van der Waals surface area contributed by atoms with Gasteiger partial charge in [-0.1, -0.05) is 18.2 Å². The van der Waals surface area contributed by atoms with Gasteiger partial charge in [-0.3, -0.25) is 9.13 Å². The molecule has 0 radical (unpaired) electrons. The molecule has 4 aromatic rings. The summed E-state index contributed by atoms with van der Waals surface area (Å²) in [5.74, 6) is 2.21. The molecule has 0 fully saturated rings. The average Bonchev–Trinajstić information content (AvgIpc) is 3.34. The number of anilines is 2. The third-order valence-electron chi connectivity index (χ3n) is 5.22. The number of carbonyl (C=O) groups excluding carboxylic acids is 1. The molecule has 162 valence electrons. The third-order valence-corrected chi connectivity index (χ3v) is 5.22. The van der Waals surface area contributed by atoms with Gasteiger partial charge in [0.15, 0.2) is 17.2 Å². The lowest BCUT2D eigenvalue weighted by Gasteiger charge is -2.14. The van der Waals surface area contributed by atoms with Crippen molar-refractivity contribution in [2.24, 2.45) is 14.1 Å². The summed E-state index contributed by atoms with van der Waals surface area (Å²) in [6, 6.07) is 17.3.